The van der Waals surface area contributed by atoms with E-state index in [-0.39, 0.29) is 11.9 Å². The van der Waals surface area contributed by atoms with Crippen molar-refractivity contribution in [3.05, 3.63) is 59.4 Å². The molecule has 0 aliphatic heterocycles. The maximum atomic E-state index is 12.3. The average molecular weight is 255 g/mol. The maximum Gasteiger partial charge on any atom is 0.211 e. The largest absolute Gasteiger partial charge is 0.491 e. The summed E-state index contributed by atoms with van der Waals surface area (Å²) in [4.78, 5) is 16.4. The highest BCUT2D eigenvalue weighted by molar-refractivity contribution is 6.07. The number of aryl methyl sites for hydroxylation is 1. The highest BCUT2D eigenvalue weighted by atomic mass is 16.5. The number of rotatable bonds is 4. The number of hydrogen-bond acceptors (Lipinski definition) is 3. The Hall–Kier alpha value is -2.16. The number of pyridine rings is 1. The smallest absolute Gasteiger partial charge is 0.211 e. The molecule has 0 fully saturated rings. The van der Waals surface area contributed by atoms with Crippen molar-refractivity contribution in [2.45, 2.75) is 26.9 Å². The molecule has 1 heterocycles. The minimum absolute atomic E-state index is 0.0853. The topological polar surface area (TPSA) is 39.2 Å². The third kappa shape index (κ3) is 3.41. The molecule has 2 aromatic rings. The van der Waals surface area contributed by atoms with Crippen molar-refractivity contribution < 1.29 is 9.53 Å². The second-order valence-electron chi connectivity index (χ2n) is 4.74. The van der Waals surface area contributed by atoms with Gasteiger partial charge in [0.15, 0.2) is 0 Å². The van der Waals surface area contributed by atoms with Crippen molar-refractivity contribution >= 4 is 5.78 Å². The first-order valence-corrected chi connectivity index (χ1v) is 6.30. The molecule has 0 saturated heterocycles. The Labute approximate surface area is 113 Å². The summed E-state index contributed by atoms with van der Waals surface area (Å²) in [5, 5.41) is 0. The maximum absolute atomic E-state index is 12.3. The van der Waals surface area contributed by atoms with Crippen LogP contribution in [0.4, 0.5) is 0 Å². The van der Waals surface area contributed by atoms with Crippen molar-refractivity contribution in [1.82, 2.24) is 4.98 Å². The highest BCUT2D eigenvalue weighted by Gasteiger charge is 2.11. The van der Waals surface area contributed by atoms with Gasteiger partial charge in [0.25, 0.3) is 0 Å². The van der Waals surface area contributed by atoms with Crippen LogP contribution in [-0.2, 0) is 0 Å². The van der Waals surface area contributed by atoms with Crippen LogP contribution in [0.5, 0.6) is 5.75 Å². The molecule has 98 valence electrons. The molecule has 1 aromatic carbocycles. The van der Waals surface area contributed by atoms with E-state index < -0.39 is 0 Å². The Balaban J connectivity index is 2.29. The molecule has 0 aliphatic carbocycles. The molecule has 3 heteroatoms. The van der Waals surface area contributed by atoms with E-state index in [0.717, 1.165) is 5.56 Å². The van der Waals surface area contributed by atoms with Crippen LogP contribution in [0.2, 0.25) is 0 Å². The number of carbonyl (C=O) groups excluding carboxylic acids is 1. The van der Waals surface area contributed by atoms with Crippen LogP contribution < -0.4 is 4.74 Å². The normalized spacial score (nSPS) is 10.5. The van der Waals surface area contributed by atoms with Gasteiger partial charge in [-0.2, -0.15) is 0 Å². The summed E-state index contributed by atoms with van der Waals surface area (Å²) in [5.41, 5.74) is 2.07. The zero-order valence-electron chi connectivity index (χ0n) is 11.4. The molecule has 2 rings (SSSR count). The molecular formula is C16H17NO2. The third-order valence-corrected chi connectivity index (χ3v) is 2.62. The predicted octanol–water partition coefficient (Wildman–Crippen LogP) is 3.41. The molecule has 0 amide bonds. The monoisotopic (exact) mass is 255 g/mol. The van der Waals surface area contributed by atoms with Crippen molar-refractivity contribution in [2.75, 3.05) is 0 Å². The van der Waals surface area contributed by atoms with E-state index in [1.54, 1.807) is 24.4 Å². The number of carbonyl (C=O) groups is 1. The first kappa shape index (κ1) is 13.3. The molecule has 0 unspecified atom stereocenters. The first-order valence-electron chi connectivity index (χ1n) is 6.30. The van der Waals surface area contributed by atoms with Crippen LogP contribution in [0.25, 0.3) is 0 Å². The Bertz CT molecular complexity index is 591. The first-order chi connectivity index (χ1) is 9.06. The lowest BCUT2D eigenvalue weighted by Gasteiger charge is -2.10. The quantitative estimate of drug-likeness (QED) is 0.786. The van der Waals surface area contributed by atoms with E-state index in [2.05, 4.69) is 4.98 Å². The van der Waals surface area contributed by atoms with Gasteiger partial charge in [-0.1, -0.05) is 12.1 Å². The summed E-state index contributed by atoms with van der Waals surface area (Å²) >= 11 is 0. The highest BCUT2D eigenvalue weighted by Crippen LogP contribution is 2.17. The van der Waals surface area contributed by atoms with E-state index in [1.165, 1.54) is 0 Å². The van der Waals surface area contributed by atoms with E-state index in [0.29, 0.717) is 17.0 Å². The Morgan fingerprint density at radius 2 is 2.00 bits per heavy atom. The number of ether oxygens (including phenoxy) is 1. The molecule has 0 N–H and O–H groups in total. The van der Waals surface area contributed by atoms with Crippen molar-refractivity contribution in [2.24, 2.45) is 0 Å². The van der Waals surface area contributed by atoms with Gasteiger partial charge in [-0.15, -0.1) is 0 Å². The fourth-order valence-electron chi connectivity index (χ4n) is 1.79. The lowest BCUT2D eigenvalue weighted by Crippen LogP contribution is -2.08. The van der Waals surface area contributed by atoms with Crippen molar-refractivity contribution in [1.29, 1.82) is 0 Å². The molecule has 0 aliphatic rings. The van der Waals surface area contributed by atoms with Crippen molar-refractivity contribution in [3.63, 3.8) is 0 Å². The molecule has 19 heavy (non-hydrogen) atoms. The summed E-state index contributed by atoms with van der Waals surface area (Å²) in [6, 6.07) is 10.9. The van der Waals surface area contributed by atoms with Gasteiger partial charge in [-0.05, 0) is 50.6 Å². The van der Waals surface area contributed by atoms with Crippen LogP contribution in [0.1, 0.15) is 35.5 Å². The average Bonchev–Trinajstić information content (AvgIpc) is 2.37. The molecule has 0 spiro atoms. The third-order valence-electron chi connectivity index (χ3n) is 2.62. The summed E-state index contributed by atoms with van der Waals surface area (Å²) in [6.07, 6.45) is 1.74. The summed E-state index contributed by atoms with van der Waals surface area (Å²) in [7, 11) is 0. The van der Waals surface area contributed by atoms with Gasteiger partial charge in [0.05, 0.1) is 6.10 Å². The minimum atomic E-state index is -0.0853. The summed E-state index contributed by atoms with van der Waals surface area (Å²) in [5.74, 6) is 0.617. The molecule has 0 atom stereocenters. The van der Waals surface area contributed by atoms with Crippen LogP contribution in [-0.4, -0.2) is 16.9 Å². The number of ketones is 1. The van der Waals surface area contributed by atoms with E-state index in [4.69, 9.17) is 4.74 Å². The van der Waals surface area contributed by atoms with Gasteiger partial charge >= 0.3 is 0 Å². The minimum Gasteiger partial charge on any atom is -0.491 e. The van der Waals surface area contributed by atoms with Crippen molar-refractivity contribution in [3.8, 4) is 5.75 Å². The molecule has 3 nitrogen and oxygen atoms in total. The van der Waals surface area contributed by atoms with Crippen LogP contribution in [0, 0.1) is 6.92 Å². The van der Waals surface area contributed by atoms with Gasteiger partial charge in [0.1, 0.15) is 11.4 Å². The fraction of sp³-hybridized carbons (Fsp3) is 0.250. The van der Waals surface area contributed by atoms with E-state index >= 15 is 0 Å². The van der Waals surface area contributed by atoms with Gasteiger partial charge in [-0.25, -0.2) is 0 Å². The molecule has 0 radical (unpaired) electrons. The summed E-state index contributed by atoms with van der Waals surface area (Å²) < 4.78 is 5.59. The molecule has 0 saturated carbocycles. The SMILES string of the molecule is Cc1ccnc(C(=O)c2cccc(OC(C)C)c2)c1. The lowest BCUT2D eigenvalue weighted by atomic mass is 10.1. The zero-order chi connectivity index (χ0) is 13.8. The lowest BCUT2D eigenvalue weighted by molar-refractivity contribution is 0.103. The van der Waals surface area contributed by atoms with E-state index in [1.807, 2.05) is 39.0 Å². The molecular weight excluding hydrogens is 238 g/mol. The zero-order valence-corrected chi connectivity index (χ0v) is 11.4. The second kappa shape index (κ2) is 5.65. The van der Waals surface area contributed by atoms with Crippen LogP contribution in [0.15, 0.2) is 42.6 Å². The van der Waals surface area contributed by atoms with Gasteiger partial charge < -0.3 is 4.74 Å². The van der Waals surface area contributed by atoms with E-state index in [9.17, 15) is 4.79 Å². The van der Waals surface area contributed by atoms with Gasteiger partial charge in [0.2, 0.25) is 5.78 Å². The predicted molar refractivity (Wildman–Crippen MR) is 74.6 cm³/mol. The molecule has 0 bridgehead atoms. The Kier molecular flexibility index (Phi) is 3.95. The fourth-order valence-corrected chi connectivity index (χ4v) is 1.79. The number of hydrogen-bond donors (Lipinski definition) is 0. The van der Waals surface area contributed by atoms with Crippen LogP contribution >= 0.6 is 0 Å². The second-order valence-corrected chi connectivity index (χ2v) is 4.74. The Morgan fingerprint density at radius 1 is 1.21 bits per heavy atom. The number of benzene rings is 1. The van der Waals surface area contributed by atoms with Gasteiger partial charge in [-0.3, -0.25) is 9.78 Å². The van der Waals surface area contributed by atoms with Crippen LogP contribution in [0.3, 0.4) is 0 Å². The van der Waals surface area contributed by atoms with Gasteiger partial charge in [0, 0.05) is 11.8 Å². The molecule has 1 aromatic heterocycles. The summed E-state index contributed by atoms with van der Waals surface area (Å²) in [6.45, 7) is 5.85. The standard InChI is InChI=1S/C16H17NO2/c1-11(2)19-14-6-4-5-13(10-14)16(18)15-9-12(3)7-8-17-15/h4-11H,1-3H3. The number of aromatic nitrogens is 1. The Morgan fingerprint density at radius 3 is 2.68 bits per heavy atom. The number of nitrogens with zero attached hydrogens (tertiary/aromatic N) is 1.